The maximum Gasteiger partial charge on any atom is 0.354 e. The first-order chi connectivity index (χ1) is 13.6. The third-order valence-electron chi connectivity index (χ3n) is 3.12. The van der Waals surface area contributed by atoms with Crippen molar-refractivity contribution < 1.29 is 41.7 Å². The van der Waals surface area contributed by atoms with Crippen LogP contribution in [0.4, 0.5) is 23.4 Å². The summed E-state index contributed by atoms with van der Waals surface area (Å²) in [7, 11) is 0. The molecule has 0 spiro atoms. The van der Waals surface area contributed by atoms with Crippen molar-refractivity contribution in [3.8, 4) is 5.88 Å². The number of rotatable bonds is 10. The number of hydrogen-bond donors (Lipinski definition) is 2. The van der Waals surface area contributed by atoms with Gasteiger partial charge in [-0.3, -0.25) is 4.79 Å². The molecule has 2 aromatic heterocycles. The van der Waals surface area contributed by atoms with E-state index in [1.807, 2.05) is 0 Å². The number of hydrogen-bond acceptors (Lipinski definition) is 6. The van der Waals surface area contributed by atoms with Crippen LogP contribution in [0.5, 0.6) is 5.88 Å². The lowest BCUT2D eigenvalue weighted by Crippen LogP contribution is -2.32. The number of pyridine rings is 1. The number of halogens is 5. The molecule has 2 N–H and O–H groups in total. The van der Waals surface area contributed by atoms with Crippen LogP contribution in [0, 0.1) is 0 Å². The first-order valence-electron chi connectivity index (χ1n) is 7.69. The van der Waals surface area contributed by atoms with Crippen molar-refractivity contribution in [3.63, 3.8) is 0 Å². The maximum absolute atomic E-state index is 13.4. The lowest BCUT2D eigenvalue weighted by molar-refractivity contribution is -0.189. The highest BCUT2D eigenvalue weighted by Crippen LogP contribution is 2.19. The molecule has 29 heavy (non-hydrogen) atoms. The Morgan fingerprint density at radius 2 is 2.03 bits per heavy atom. The smallest absolute Gasteiger partial charge is 0.354 e. The molecule has 1 amide bonds. The molecule has 9 nitrogen and oxygen atoms in total. The zero-order valence-electron chi connectivity index (χ0n) is 14.3. The van der Waals surface area contributed by atoms with Crippen molar-refractivity contribution in [2.24, 2.45) is 0 Å². The number of amides is 1. The van der Waals surface area contributed by atoms with E-state index in [1.54, 1.807) is 0 Å². The standard InChI is InChI=1S/C15H13ClF4N4O5/c16-8-1-2-10(21-4-8)22-11(25)5-24-9(13(26)27)3-12(23-24)28-6-15(19,20)7-29-14(17)18/h1-4,14H,5-7H2,(H,26,27)(H,21,22,25). The van der Waals surface area contributed by atoms with Gasteiger partial charge in [-0.05, 0) is 12.1 Å². The van der Waals surface area contributed by atoms with E-state index in [0.29, 0.717) is 9.70 Å². The van der Waals surface area contributed by atoms with Crippen LogP contribution in [0.3, 0.4) is 0 Å². The van der Waals surface area contributed by atoms with Crippen LogP contribution in [0.2, 0.25) is 5.02 Å². The summed E-state index contributed by atoms with van der Waals surface area (Å²) in [5, 5.41) is 15.5. The molecule has 14 heteroatoms. The normalized spacial score (nSPS) is 11.5. The van der Waals surface area contributed by atoms with Gasteiger partial charge in [-0.2, -0.15) is 8.78 Å². The summed E-state index contributed by atoms with van der Waals surface area (Å²) in [4.78, 5) is 27.1. The number of nitrogens with one attached hydrogen (secondary N) is 1. The first-order valence-corrected chi connectivity index (χ1v) is 8.06. The number of carbonyl (C=O) groups excluding carboxylic acids is 1. The Morgan fingerprint density at radius 1 is 1.31 bits per heavy atom. The second kappa shape index (κ2) is 9.52. The number of anilines is 1. The summed E-state index contributed by atoms with van der Waals surface area (Å²) in [5.41, 5.74) is -0.522. The fourth-order valence-corrected chi connectivity index (χ4v) is 2.04. The molecule has 158 valence electrons. The predicted molar refractivity (Wildman–Crippen MR) is 89.5 cm³/mol. The van der Waals surface area contributed by atoms with E-state index in [0.717, 1.165) is 6.07 Å². The van der Waals surface area contributed by atoms with Crippen molar-refractivity contribution in [1.29, 1.82) is 0 Å². The van der Waals surface area contributed by atoms with Crippen LogP contribution in [-0.4, -0.2) is 57.5 Å². The molecule has 0 aromatic carbocycles. The molecule has 0 aliphatic carbocycles. The molecule has 0 saturated carbocycles. The Hall–Kier alpha value is -2.93. The highest BCUT2D eigenvalue weighted by molar-refractivity contribution is 6.30. The third kappa shape index (κ3) is 7.19. The minimum absolute atomic E-state index is 0.138. The SMILES string of the molecule is O=C(Cn1nc(OCC(F)(F)COC(F)F)cc1C(=O)O)Nc1ccc(Cl)cn1. The molecule has 0 saturated heterocycles. The monoisotopic (exact) mass is 440 g/mol. The zero-order chi connectivity index (χ0) is 21.6. The molecule has 0 bridgehead atoms. The minimum atomic E-state index is -3.78. The molecule has 0 unspecified atom stereocenters. The fraction of sp³-hybridized carbons (Fsp3) is 0.333. The molecule has 2 rings (SSSR count). The van der Waals surface area contributed by atoms with Gasteiger partial charge >= 0.3 is 18.5 Å². The van der Waals surface area contributed by atoms with Crippen LogP contribution in [0.1, 0.15) is 10.5 Å². The van der Waals surface area contributed by atoms with Crippen molar-refractivity contribution >= 4 is 29.3 Å². The van der Waals surface area contributed by atoms with E-state index >= 15 is 0 Å². The molecule has 2 aromatic rings. The maximum atomic E-state index is 13.4. The molecule has 0 aliphatic rings. The van der Waals surface area contributed by atoms with E-state index in [-0.39, 0.29) is 5.82 Å². The number of carbonyl (C=O) groups is 2. The topological polar surface area (TPSA) is 116 Å². The number of aromatic nitrogens is 3. The average Bonchev–Trinajstić information content (AvgIpc) is 3.03. The zero-order valence-corrected chi connectivity index (χ0v) is 15.1. The Labute approximate surface area is 165 Å². The van der Waals surface area contributed by atoms with Gasteiger partial charge in [0.15, 0.2) is 12.3 Å². The summed E-state index contributed by atoms with van der Waals surface area (Å²) in [6.45, 7) is -6.97. The van der Waals surface area contributed by atoms with Crippen LogP contribution in [0.15, 0.2) is 24.4 Å². The van der Waals surface area contributed by atoms with Crippen LogP contribution in [0.25, 0.3) is 0 Å². The number of nitrogens with zero attached hydrogens (tertiary/aromatic N) is 3. The van der Waals surface area contributed by atoms with Gasteiger partial charge in [0, 0.05) is 12.3 Å². The highest BCUT2D eigenvalue weighted by atomic mass is 35.5. The molecule has 2 heterocycles. The summed E-state index contributed by atoms with van der Waals surface area (Å²) >= 11 is 5.67. The number of ether oxygens (including phenoxy) is 2. The van der Waals surface area contributed by atoms with E-state index in [2.05, 4.69) is 24.9 Å². The van der Waals surface area contributed by atoms with Gasteiger partial charge in [-0.1, -0.05) is 11.6 Å². The number of aromatic carboxylic acids is 1. The van der Waals surface area contributed by atoms with E-state index in [9.17, 15) is 27.2 Å². The van der Waals surface area contributed by atoms with Crippen molar-refractivity contribution in [2.75, 3.05) is 18.5 Å². The van der Waals surface area contributed by atoms with Gasteiger partial charge in [0.05, 0.1) is 5.02 Å². The van der Waals surface area contributed by atoms with Gasteiger partial charge in [0.25, 0.3) is 0 Å². The van der Waals surface area contributed by atoms with E-state index < -0.39 is 55.7 Å². The highest BCUT2D eigenvalue weighted by Gasteiger charge is 2.32. The Morgan fingerprint density at radius 3 is 2.62 bits per heavy atom. The molecule has 0 atom stereocenters. The molecule has 0 radical (unpaired) electrons. The molecule has 0 fully saturated rings. The Balaban J connectivity index is 2.02. The second-order valence-electron chi connectivity index (χ2n) is 5.46. The minimum Gasteiger partial charge on any atom is -0.477 e. The second-order valence-corrected chi connectivity index (χ2v) is 5.89. The average molecular weight is 441 g/mol. The van der Waals surface area contributed by atoms with Crippen LogP contribution < -0.4 is 10.1 Å². The quantitative estimate of drug-likeness (QED) is 0.545. The van der Waals surface area contributed by atoms with Crippen LogP contribution >= 0.6 is 11.6 Å². The predicted octanol–water partition coefficient (Wildman–Crippen LogP) is 2.52. The van der Waals surface area contributed by atoms with Crippen molar-refractivity contribution in [1.82, 2.24) is 14.8 Å². The molecule has 0 aliphatic heterocycles. The van der Waals surface area contributed by atoms with Gasteiger partial charge in [-0.15, -0.1) is 5.10 Å². The first kappa shape index (κ1) is 22.4. The fourth-order valence-electron chi connectivity index (χ4n) is 1.93. The largest absolute Gasteiger partial charge is 0.477 e. The molecular formula is C15H13ClF4N4O5. The Bertz CT molecular complexity index is 863. The summed E-state index contributed by atoms with van der Waals surface area (Å²) in [6, 6.07) is 3.67. The van der Waals surface area contributed by atoms with Crippen molar-refractivity contribution in [3.05, 3.63) is 35.1 Å². The van der Waals surface area contributed by atoms with Crippen molar-refractivity contribution in [2.45, 2.75) is 19.1 Å². The number of alkyl halides is 4. The lowest BCUT2D eigenvalue weighted by Gasteiger charge is -2.15. The lowest BCUT2D eigenvalue weighted by atomic mass is 10.4. The summed E-state index contributed by atoms with van der Waals surface area (Å²) in [6.07, 6.45) is 1.28. The Kier molecular flexibility index (Phi) is 7.34. The van der Waals surface area contributed by atoms with Crippen LogP contribution in [-0.2, 0) is 16.1 Å². The number of carboxylic acids is 1. The van der Waals surface area contributed by atoms with E-state index in [1.165, 1.54) is 18.3 Å². The van der Waals surface area contributed by atoms with Gasteiger partial charge < -0.3 is 19.9 Å². The number of carboxylic acid groups (broad SMARTS) is 1. The van der Waals surface area contributed by atoms with E-state index in [4.69, 9.17) is 16.7 Å². The van der Waals surface area contributed by atoms with Gasteiger partial charge in [0.2, 0.25) is 11.8 Å². The third-order valence-corrected chi connectivity index (χ3v) is 3.34. The summed E-state index contributed by atoms with van der Waals surface area (Å²) in [5.74, 6) is -6.40. The van der Waals surface area contributed by atoms with Gasteiger partial charge in [-0.25, -0.2) is 23.2 Å². The molecular weight excluding hydrogens is 428 g/mol. The summed E-state index contributed by atoms with van der Waals surface area (Å²) < 4.78 is 59.4. The van der Waals surface area contributed by atoms with Gasteiger partial charge in [0.1, 0.15) is 19.0 Å².